The Hall–Kier alpha value is -1.61. The third kappa shape index (κ3) is 3.67. The molecule has 0 aliphatic heterocycles. The van der Waals surface area contributed by atoms with Crippen molar-refractivity contribution in [1.29, 1.82) is 0 Å². The van der Waals surface area contributed by atoms with Crippen LogP contribution >= 0.6 is 11.8 Å². The van der Waals surface area contributed by atoms with Gasteiger partial charge in [-0.1, -0.05) is 17.7 Å². The molecule has 0 aliphatic rings. The smallest absolute Gasteiger partial charge is 0.123 e. The Morgan fingerprint density at radius 2 is 1.84 bits per heavy atom. The van der Waals surface area contributed by atoms with E-state index in [1.807, 2.05) is 18.2 Å². The molecular weight excluding hydrogens is 256 g/mol. The first-order valence-electron chi connectivity index (χ1n) is 6.13. The van der Waals surface area contributed by atoms with Crippen molar-refractivity contribution in [2.75, 3.05) is 14.2 Å². The van der Waals surface area contributed by atoms with Crippen molar-refractivity contribution in [2.45, 2.75) is 17.6 Å². The summed E-state index contributed by atoms with van der Waals surface area (Å²) in [7, 11) is 3.38. The summed E-state index contributed by atoms with van der Waals surface area (Å²) < 4.78 is 10.6. The van der Waals surface area contributed by atoms with Crippen LogP contribution in [0.1, 0.15) is 11.1 Å². The van der Waals surface area contributed by atoms with Crippen LogP contribution in [-0.2, 0) is 5.75 Å². The zero-order valence-electron chi connectivity index (χ0n) is 11.5. The molecule has 0 N–H and O–H groups in total. The van der Waals surface area contributed by atoms with Crippen LogP contribution in [0.15, 0.2) is 47.4 Å². The fourth-order valence-electron chi connectivity index (χ4n) is 1.86. The van der Waals surface area contributed by atoms with Gasteiger partial charge in [-0.25, -0.2) is 0 Å². The first kappa shape index (κ1) is 13.8. The molecule has 2 aromatic carbocycles. The van der Waals surface area contributed by atoms with Gasteiger partial charge in [0.1, 0.15) is 11.5 Å². The lowest BCUT2D eigenvalue weighted by atomic mass is 10.2. The highest BCUT2D eigenvalue weighted by Crippen LogP contribution is 2.30. The fraction of sp³-hybridized carbons (Fsp3) is 0.250. The van der Waals surface area contributed by atoms with Crippen LogP contribution in [0, 0.1) is 6.92 Å². The lowest BCUT2D eigenvalue weighted by Crippen LogP contribution is -1.92. The normalized spacial score (nSPS) is 10.3. The van der Waals surface area contributed by atoms with Crippen LogP contribution in [0.5, 0.6) is 11.5 Å². The van der Waals surface area contributed by atoms with Gasteiger partial charge < -0.3 is 9.47 Å². The minimum Gasteiger partial charge on any atom is -0.497 e. The predicted molar refractivity (Wildman–Crippen MR) is 80.3 cm³/mol. The Bertz CT molecular complexity index is 552. The molecule has 0 heterocycles. The highest BCUT2D eigenvalue weighted by atomic mass is 32.2. The Morgan fingerprint density at radius 1 is 1.00 bits per heavy atom. The molecule has 0 fully saturated rings. The summed E-state index contributed by atoms with van der Waals surface area (Å²) in [5, 5.41) is 0. The number of ether oxygens (including phenoxy) is 2. The van der Waals surface area contributed by atoms with Crippen LogP contribution in [0.4, 0.5) is 0 Å². The van der Waals surface area contributed by atoms with Gasteiger partial charge in [0, 0.05) is 16.2 Å². The Balaban J connectivity index is 2.14. The van der Waals surface area contributed by atoms with Gasteiger partial charge in [0.2, 0.25) is 0 Å². The molecule has 19 heavy (non-hydrogen) atoms. The summed E-state index contributed by atoms with van der Waals surface area (Å²) in [5.74, 6) is 2.63. The van der Waals surface area contributed by atoms with Crippen molar-refractivity contribution in [2.24, 2.45) is 0 Å². The highest BCUT2D eigenvalue weighted by Gasteiger charge is 2.06. The molecule has 0 saturated heterocycles. The van der Waals surface area contributed by atoms with Crippen LogP contribution in [-0.4, -0.2) is 14.2 Å². The largest absolute Gasteiger partial charge is 0.497 e. The zero-order chi connectivity index (χ0) is 13.7. The van der Waals surface area contributed by atoms with Gasteiger partial charge in [-0.15, -0.1) is 11.8 Å². The second kappa shape index (κ2) is 6.53. The quantitative estimate of drug-likeness (QED) is 0.757. The Morgan fingerprint density at radius 3 is 2.53 bits per heavy atom. The molecule has 0 bridgehead atoms. The van der Waals surface area contributed by atoms with Gasteiger partial charge in [-0.3, -0.25) is 0 Å². The molecule has 2 aromatic rings. The SMILES string of the molecule is COc1ccc(OC)c(CSc2cccc(C)c2)c1. The Kier molecular flexibility index (Phi) is 4.74. The molecule has 0 saturated carbocycles. The molecule has 2 nitrogen and oxygen atoms in total. The molecule has 0 unspecified atom stereocenters. The van der Waals surface area contributed by atoms with E-state index in [1.54, 1.807) is 26.0 Å². The van der Waals surface area contributed by atoms with Gasteiger partial charge in [0.05, 0.1) is 14.2 Å². The summed E-state index contributed by atoms with van der Waals surface area (Å²) in [6, 6.07) is 14.4. The zero-order valence-corrected chi connectivity index (χ0v) is 12.3. The number of hydrogen-bond donors (Lipinski definition) is 0. The van der Waals surface area contributed by atoms with Crippen LogP contribution in [0.2, 0.25) is 0 Å². The lowest BCUT2D eigenvalue weighted by Gasteiger charge is -2.10. The van der Waals surface area contributed by atoms with Gasteiger partial charge in [-0.05, 0) is 37.3 Å². The first-order chi connectivity index (χ1) is 9.22. The Labute approximate surface area is 118 Å². The summed E-state index contributed by atoms with van der Waals surface area (Å²) >= 11 is 1.80. The highest BCUT2D eigenvalue weighted by molar-refractivity contribution is 7.98. The monoisotopic (exact) mass is 274 g/mol. The van der Waals surface area contributed by atoms with E-state index in [0.717, 1.165) is 22.8 Å². The molecule has 2 rings (SSSR count). The van der Waals surface area contributed by atoms with Crippen molar-refractivity contribution in [3.63, 3.8) is 0 Å². The average Bonchev–Trinajstić information content (AvgIpc) is 2.45. The predicted octanol–water partition coefficient (Wildman–Crippen LogP) is 4.30. The second-order valence-electron chi connectivity index (χ2n) is 4.28. The minimum absolute atomic E-state index is 0.862. The molecule has 0 atom stereocenters. The maximum absolute atomic E-state index is 5.39. The van der Waals surface area contributed by atoms with Crippen LogP contribution in [0.3, 0.4) is 0 Å². The first-order valence-corrected chi connectivity index (χ1v) is 7.12. The molecule has 3 heteroatoms. The van der Waals surface area contributed by atoms with Gasteiger partial charge in [0.15, 0.2) is 0 Å². The topological polar surface area (TPSA) is 18.5 Å². The van der Waals surface area contributed by atoms with E-state index in [4.69, 9.17) is 9.47 Å². The van der Waals surface area contributed by atoms with Crippen LogP contribution < -0.4 is 9.47 Å². The number of rotatable bonds is 5. The molecule has 100 valence electrons. The van der Waals surface area contributed by atoms with Gasteiger partial charge in [0.25, 0.3) is 0 Å². The van der Waals surface area contributed by atoms with E-state index >= 15 is 0 Å². The molecule has 0 aliphatic carbocycles. The van der Waals surface area contributed by atoms with E-state index in [2.05, 4.69) is 31.2 Å². The number of hydrogen-bond acceptors (Lipinski definition) is 3. The lowest BCUT2D eigenvalue weighted by molar-refractivity contribution is 0.400. The average molecular weight is 274 g/mol. The number of benzene rings is 2. The van der Waals surface area contributed by atoms with E-state index in [1.165, 1.54) is 10.5 Å². The van der Waals surface area contributed by atoms with E-state index in [0.29, 0.717) is 0 Å². The van der Waals surface area contributed by atoms with Crippen molar-refractivity contribution < 1.29 is 9.47 Å². The third-order valence-corrected chi connectivity index (χ3v) is 3.91. The van der Waals surface area contributed by atoms with Crippen molar-refractivity contribution in [3.05, 3.63) is 53.6 Å². The van der Waals surface area contributed by atoms with Gasteiger partial charge >= 0.3 is 0 Å². The standard InChI is InChI=1S/C16H18O2S/c1-12-5-4-6-15(9-12)19-11-13-10-14(17-2)7-8-16(13)18-3/h4-10H,11H2,1-3H3. The van der Waals surface area contributed by atoms with Crippen LogP contribution in [0.25, 0.3) is 0 Å². The number of methoxy groups -OCH3 is 2. The summed E-state index contributed by atoms with van der Waals surface area (Å²) in [6.45, 7) is 2.11. The van der Waals surface area contributed by atoms with Crippen molar-refractivity contribution >= 4 is 11.8 Å². The minimum atomic E-state index is 0.862. The molecule has 0 spiro atoms. The second-order valence-corrected chi connectivity index (χ2v) is 5.33. The fourth-order valence-corrected chi connectivity index (χ4v) is 2.85. The number of aryl methyl sites for hydroxylation is 1. The summed E-state index contributed by atoms with van der Waals surface area (Å²) in [4.78, 5) is 1.27. The molecule has 0 aromatic heterocycles. The maximum Gasteiger partial charge on any atom is 0.123 e. The number of thioether (sulfide) groups is 1. The summed E-state index contributed by atoms with van der Waals surface area (Å²) in [5.41, 5.74) is 2.43. The maximum atomic E-state index is 5.39. The molecular formula is C16H18O2S. The summed E-state index contributed by atoms with van der Waals surface area (Å²) in [6.07, 6.45) is 0. The molecule has 0 amide bonds. The van der Waals surface area contributed by atoms with Crippen molar-refractivity contribution in [1.82, 2.24) is 0 Å². The van der Waals surface area contributed by atoms with E-state index < -0.39 is 0 Å². The van der Waals surface area contributed by atoms with Crippen molar-refractivity contribution in [3.8, 4) is 11.5 Å². The van der Waals surface area contributed by atoms with E-state index in [-0.39, 0.29) is 0 Å². The third-order valence-electron chi connectivity index (χ3n) is 2.87. The molecule has 0 radical (unpaired) electrons. The van der Waals surface area contributed by atoms with Gasteiger partial charge in [-0.2, -0.15) is 0 Å². The van der Waals surface area contributed by atoms with E-state index in [9.17, 15) is 0 Å².